The smallest absolute Gasteiger partial charge is 0.291 e. The number of nitrogens with one attached hydrogen (secondary N) is 1. The van der Waals surface area contributed by atoms with E-state index >= 15 is 0 Å². The second kappa shape index (κ2) is 9.14. The van der Waals surface area contributed by atoms with E-state index in [1.54, 1.807) is 35.6 Å². The van der Waals surface area contributed by atoms with Gasteiger partial charge in [0.1, 0.15) is 10.8 Å². The normalized spacial score (nSPS) is 16.5. The van der Waals surface area contributed by atoms with Gasteiger partial charge >= 0.3 is 0 Å². The first kappa shape index (κ1) is 20.8. The number of likely N-dealkylation sites (tertiary alicyclic amines) is 1. The van der Waals surface area contributed by atoms with Crippen molar-refractivity contribution in [1.29, 1.82) is 0 Å². The summed E-state index contributed by atoms with van der Waals surface area (Å²) in [4.78, 5) is 16.3. The van der Waals surface area contributed by atoms with Crippen molar-refractivity contribution in [3.8, 4) is 0 Å². The Hall–Kier alpha value is -2.44. The molecular formula is C24H27FN2O2S. The lowest BCUT2D eigenvalue weighted by atomic mass is 9.92. The Kier molecular flexibility index (Phi) is 6.35. The second-order valence-electron chi connectivity index (χ2n) is 7.96. The molecule has 6 heteroatoms. The van der Waals surface area contributed by atoms with E-state index in [1.807, 2.05) is 6.07 Å². The molecule has 30 heavy (non-hydrogen) atoms. The zero-order chi connectivity index (χ0) is 21.1. The summed E-state index contributed by atoms with van der Waals surface area (Å²) in [6.45, 7) is 6.28. The third-order valence-corrected chi connectivity index (χ3v) is 6.99. The van der Waals surface area contributed by atoms with Crippen LogP contribution in [0.25, 0.3) is 0 Å². The highest BCUT2D eigenvalue weighted by Crippen LogP contribution is 2.41. The molecule has 4 nitrogen and oxygen atoms in total. The third-order valence-electron chi connectivity index (χ3n) is 5.77. The van der Waals surface area contributed by atoms with E-state index in [1.165, 1.54) is 17.2 Å². The fraction of sp³-hybridized carbons (Fsp3) is 0.375. The number of piperidine rings is 1. The van der Waals surface area contributed by atoms with Crippen LogP contribution in [0.5, 0.6) is 0 Å². The summed E-state index contributed by atoms with van der Waals surface area (Å²) in [5.41, 5.74) is 1.94. The first-order valence-corrected chi connectivity index (χ1v) is 11.3. The predicted molar refractivity (Wildman–Crippen MR) is 119 cm³/mol. The second-order valence-corrected chi connectivity index (χ2v) is 9.09. The summed E-state index contributed by atoms with van der Waals surface area (Å²) in [5.74, 6) is 0.466. The zero-order valence-electron chi connectivity index (χ0n) is 17.4. The Labute approximate surface area is 180 Å². The van der Waals surface area contributed by atoms with Crippen molar-refractivity contribution in [2.45, 2.75) is 39.2 Å². The van der Waals surface area contributed by atoms with Crippen molar-refractivity contribution >= 4 is 22.2 Å². The molecule has 1 atom stereocenters. The van der Waals surface area contributed by atoms with Crippen molar-refractivity contribution in [3.05, 3.63) is 76.3 Å². The molecule has 0 spiro atoms. The van der Waals surface area contributed by atoms with Gasteiger partial charge in [0.25, 0.3) is 5.91 Å². The number of benzene rings is 1. The maximum Gasteiger partial charge on any atom is 0.291 e. The van der Waals surface area contributed by atoms with Crippen LogP contribution in [0.3, 0.4) is 0 Å². The summed E-state index contributed by atoms with van der Waals surface area (Å²) in [6, 6.07) is 12.2. The number of halogens is 1. The molecule has 0 saturated carbocycles. The molecule has 0 aliphatic carbocycles. The fourth-order valence-electron chi connectivity index (χ4n) is 4.06. The molecule has 1 aromatic carbocycles. The van der Waals surface area contributed by atoms with Gasteiger partial charge in [0, 0.05) is 10.4 Å². The van der Waals surface area contributed by atoms with E-state index < -0.39 is 0 Å². The highest BCUT2D eigenvalue weighted by atomic mass is 32.1. The van der Waals surface area contributed by atoms with Gasteiger partial charge in [-0.15, -0.1) is 11.3 Å². The quantitative estimate of drug-likeness (QED) is 0.517. The molecule has 1 fully saturated rings. The number of carbonyl (C=O) groups is 1. The average Bonchev–Trinajstić information content (AvgIpc) is 3.40. The van der Waals surface area contributed by atoms with Crippen molar-refractivity contribution in [2.75, 3.05) is 18.4 Å². The van der Waals surface area contributed by atoms with Crippen molar-refractivity contribution in [1.82, 2.24) is 4.90 Å². The third kappa shape index (κ3) is 4.50. The number of anilines is 1. The number of hydrogen-bond acceptors (Lipinski definition) is 4. The molecule has 158 valence electrons. The molecule has 0 bridgehead atoms. The minimum atomic E-state index is -0.268. The fourth-order valence-corrected chi connectivity index (χ4v) is 5.08. The molecule has 2 aromatic heterocycles. The van der Waals surface area contributed by atoms with Crippen LogP contribution < -0.4 is 5.32 Å². The number of furan rings is 1. The van der Waals surface area contributed by atoms with Gasteiger partial charge in [0.2, 0.25) is 0 Å². The van der Waals surface area contributed by atoms with Gasteiger partial charge in [-0.3, -0.25) is 9.69 Å². The Bertz CT molecular complexity index is 991. The summed E-state index contributed by atoms with van der Waals surface area (Å²) in [7, 11) is 0. The minimum Gasteiger partial charge on any atom is -0.459 e. The first-order valence-electron chi connectivity index (χ1n) is 10.5. The van der Waals surface area contributed by atoms with Crippen molar-refractivity contribution in [2.24, 2.45) is 5.92 Å². The van der Waals surface area contributed by atoms with Gasteiger partial charge in [-0.25, -0.2) is 4.39 Å². The topological polar surface area (TPSA) is 45.5 Å². The van der Waals surface area contributed by atoms with Crippen LogP contribution in [-0.2, 0) is 6.42 Å². The van der Waals surface area contributed by atoms with Crippen LogP contribution >= 0.6 is 11.3 Å². The van der Waals surface area contributed by atoms with Crippen molar-refractivity contribution in [3.63, 3.8) is 0 Å². The molecule has 1 aliphatic heterocycles. The number of thiophene rings is 1. The van der Waals surface area contributed by atoms with Gasteiger partial charge in [-0.2, -0.15) is 0 Å². The highest BCUT2D eigenvalue weighted by molar-refractivity contribution is 7.16. The van der Waals surface area contributed by atoms with Gasteiger partial charge in [-0.1, -0.05) is 26.0 Å². The Morgan fingerprint density at radius 3 is 2.73 bits per heavy atom. The number of nitrogens with zero attached hydrogens (tertiary/aromatic N) is 1. The average molecular weight is 427 g/mol. The van der Waals surface area contributed by atoms with E-state index in [-0.39, 0.29) is 23.5 Å². The lowest BCUT2D eigenvalue weighted by Crippen LogP contribution is -2.37. The molecule has 1 amide bonds. The standard InChI is InChI=1S/C24H27FN2O2S/c1-3-19-15-20(24(30-19)26-23(28)21-8-5-13-29-21)22(17-6-4-7-18(25)14-17)27-11-9-16(2)10-12-27/h4-8,13-16,22H,3,9-12H2,1-2H3,(H,26,28)/t22-/m1/s1. The zero-order valence-corrected chi connectivity index (χ0v) is 18.2. The maximum atomic E-state index is 14.1. The van der Waals surface area contributed by atoms with Gasteiger partial charge in [-0.05, 0) is 74.2 Å². The van der Waals surface area contributed by atoms with Crippen LogP contribution in [0.2, 0.25) is 0 Å². The van der Waals surface area contributed by atoms with Crippen LogP contribution in [0.4, 0.5) is 9.39 Å². The van der Waals surface area contributed by atoms with E-state index in [9.17, 15) is 9.18 Å². The minimum absolute atomic E-state index is 0.100. The molecule has 1 saturated heterocycles. The lowest BCUT2D eigenvalue weighted by Gasteiger charge is -2.37. The van der Waals surface area contributed by atoms with Crippen molar-refractivity contribution < 1.29 is 13.6 Å². The Morgan fingerprint density at radius 2 is 2.07 bits per heavy atom. The van der Waals surface area contributed by atoms with Gasteiger partial charge in [0.15, 0.2) is 5.76 Å². The molecule has 4 rings (SSSR count). The molecule has 0 unspecified atom stereocenters. The Balaban J connectivity index is 1.74. The first-order chi connectivity index (χ1) is 14.5. The lowest BCUT2D eigenvalue weighted by molar-refractivity contribution is 0.0996. The number of hydrogen-bond donors (Lipinski definition) is 1. The van der Waals surface area contributed by atoms with Crippen LogP contribution in [-0.4, -0.2) is 23.9 Å². The summed E-state index contributed by atoms with van der Waals surface area (Å²) >= 11 is 1.58. The van der Waals surface area contributed by atoms with Gasteiger partial charge < -0.3 is 9.73 Å². The van der Waals surface area contributed by atoms with Crippen LogP contribution in [0.1, 0.15) is 59.3 Å². The molecular weight excluding hydrogens is 399 g/mol. The largest absolute Gasteiger partial charge is 0.459 e. The SMILES string of the molecule is CCc1cc([C@@H](c2cccc(F)c2)N2CCC(C)CC2)c(NC(=O)c2ccco2)s1. The van der Waals surface area contributed by atoms with E-state index in [0.717, 1.165) is 48.5 Å². The monoisotopic (exact) mass is 426 g/mol. The molecule has 1 N–H and O–H groups in total. The number of carbonyl (C=O) groups excluding carboxylic acids is 1. The Morgan fingerprint density at radius 1 is 1.27 bits per heavy atom. The number of aryl methyl sites for hydroxylation is 1. The maximum absolute atomic E-state index is 14.1. The van der Waals surface area contributed by atoms with E-state index in [0.29, 0.717) is 5.92 Å². The molecule has 3 aromatic rings. The molecule has 1 aliphatic rings. The summed E-state index contributed by atoms with van der Waals surface area (Å²) in [5, 5.41) is 3.85. The van der Waals surface area contributed by atoms with E-state index in [2.05, 4.69) is 30.1 Å². The number of rotatable bonds is 6. The highest BCUT2D eigenvalue weighted by Gasteiger charge is 2.30. The van der Waals surface area contributed by atoms with Crippen LogP contribution in [0, 0.1) is 11.7 Å². The summed E-state index contributed by atoms with van der Waals surface area (Å²) in [6.07, 6.45) is 4.60. The number of amides is 1. The van der Waals surface area contributed by atoms with E-state index in [4.69, 9.17) is 4.42 Å². The summed E-state index contributed by atoms with van der Waals surface area (Å²) < 4.78 is 19.4. The molecule has 0 radical (unpaired) electrons. The van der Waals surface area contributed by atoms with Crippen LogP contribution in [0.15, 0.2) is 53.1 Å². The molecule has 3 heterocycles. The van der Waals surface area contributed by atoms with Gasteiger partial charge in [0.05, 0.1) is 12.3 Å². The predicted octanol–water partition coefficient (Wildman–Crippen LogP) is 6.12.